The lowest BCUT2D eigenvalue weighted by Gasteiger charge is -2.31. The van der Waals surface area contributed by atoms with Crippen LogP contribution in [0.3, 0.4) is 0 Å². The Morgan fingerprint density at radius 1 is 1.08 bits per heavy atom. The average Bonchev–Trinajstić information content (AvgIpc) is 3.00. The molecule has 4 heteroatoms. The van der Waals surface area contributed by atoms with Gasteiger partial charge in [-0.05, 0) is 49.8 Å². The highest BCUT2D eigenvalue weighted by Crippen LogP contribution is 2.24. The predicted molar refractivity (Wildman–Crippen MR) is 98.7 cm³/mol. The third-order valence-corrected chi connectivity index (χ3v) is 5.20. The van der Waals surface area contributed by atoms with Crippen molar-refractivity contribution in [3.63, 3.8) is 0 Å². The number of rotatable bonds is 3. The van der Waals surface area contributed by atoms with Gasteiger partial charge in [0, 0.05) is 19.3 Å². The number of amides is 1. The van der Waals surface area contributed by atoms with Crippen LogP contribution in [0.2, 0.25) is 0 Å². The molecule has 0 bridgehead atoms. The standard InChI is InChI=1S/C21H23N3O/c1-16-22-20(19-9-5-6-12-24(16)19)21(25)23-13-10-18(11-14-23)15-17-7-3-2-4-8-17/h2-9,12,18H,10-11,13-15H2,1H3. The third kappa shape index (κ3) is 3.16. The van der Waals surface area contributed by atoms with Gasteiger partial charge in [-0.1, -0.05) is 36.4 Å². The number of benzene rings is 1. The fourth-order valence-corrected chi connectivity index (χ4v) is 3.79. The number of hydrogen-bond donors (Lipinski definition) is 0. The molecule has 3 heterocycles. The first-order valence-electron chi connectivity index (χ1n) is 8.99. The van der Waals surface area contributed by atoms with Crippen molar-refractivity contribution < 1.29 is 4.79 Å². The second kappa shape index (κ2) is 6.71. The Morgan fingerprint density at radius 2 is 1.80 bits per heavy atom. The average molecular weight is 333 g/mol. The number of piperidine rings is 1. The Kier molecular flexibility index (Phi) is 4.26. The van der Waals surface area contributed by atoms with Gasteiger partial charge in [0.2, 0.25) is 0 Å². The molecular formula is C21H23N3O. The molecule has 0 N–H and O–H groups in total. The number of aryl methyl sites for hydroxylation is 1. The fraction of sp³-hybridized carbons (Fsp3) is 0.333. The largest absolute Gasteiger partial charge is 0.337 e. The van der Waals surface area contributed by atoms with Crippen LogP contribution >= 0.6 is 0 Å². The summed E-state index contributed by atoms with van der Waals surface area (Å²) in [6.45, 7) is 3.58. The lowest BCUT2D eigenvalue weighted by molar-refractivity contribution is 0.0687. The van der Waals surface area contributed by atoms with Gasteiger partial charge in [-0.15, -0.1) is 0 Å². The van der Waals surface area contributed by atoms with Crippen LogP contribution < -0.4 is 0 Å². The van der Waals surface area contributed by atoms with Crippen LogP contribution in [-0.4, -0.2) is 33.3 Å². The van der Waals surface area contributed by atoms with Gasteiger partial charge in [0.05, 0.1) is 5.52 Å². The van der Waals surface area contributed by atoms with E-state index in [1.165, 1.54) is 5.56 Å². The van der Waals surface area contributed by atoms with Crippen molar-refractivity contribution in [1.82, 2.24) is 14.3 Å². The Bertz CT molecular complexity index is 877. The van der Waals surface area contributed by atoms with E-state index in [-0.39, 0.29) is 5.91 Å². The smallest absolute Gasteiger partial charge is 0.274 e. The number of carbonyl (C=O) groups is 1. The van der Waals surface area contributed by atoms with Gasteiger partial charge in [0.25, 0.3) is 5.91 Å². The molecule has 1 saturated heterocycles. The lowest BCUT2D eigenvalue weighted by Crippen LogP contribution is -2.39. The number of imidazole rings is 1. The maximum atomic E-state index is 12.9. The molecule has 0 spiro atoms. The van der Waals surface area contributed by atoms with Crippen LogP contribution in [0.25, 0.3) is 5.52 Å². The van der Waals surface area contributed by atoms with Crippen molar-refractivity contribution in [2.24, 2.45) is 5.92 Å². The molecule has 1 aliphatic heterocycles. The lowest BCUT2D eigenvalue weighted by atomic mass is 9.90. The quantitative estimate of drug-likeness (QED) is 0.732. The first-order valence-corrected chi connectivity index (χ1v) is 8.99. The number of pyridine rings is 1. The molecule has 128 valence electrons. The summed E-state index contributed by atoms with van der Waals surface area (Å²) < 4.78 is 1.98. The molecule has 4 nitrogen and oxygen atoms in total. The van der Waals surface area contributed by atoms with Gasteiger partial charge in [-0.3, -0.25) is 4.79 Å². The van der Waals surface area contributed by atoms with Crippen LogP contribution in [0, 0.1) is 12.8 Å². The van der Waals surface area contributed by atoms with Gasteiger partial charge < -0.3 is 9.30 Å². The Hall–Kier alpha value is -2.62. The van der Waals surface area contributed by atoms with Crippen molar-refractivity contribution in [3.8, 4) is 0 Å². The monoisotopic (exact) mass is 333 g/mol. The number of carbonyl (C=O) groups excluding carboxylic acids is 1. The summed E-state index contributed by atoms with van der Waals surface area (Å²) in [5.41, 5.74) is 2.87. The zero-order chi connectivity index (χ0) is 17.2. The molecular weight excluding hydrogens is 310 g/mol. The van der Waals surface area contributed by atoms with Crippen LogP contribution in [0.4, 0.5) is 0 Å². The van der Waals surface area contributed by atoms with E-state index in [0.717, 1.165) is 43.7 Å². The van der Waals surface area contributed by atoms with E-state index in [9.17, 15) is 4.79 Å². The predicted octanol–water partition coefficient (Wildman–Crippen LogP) is 3.74. The van der Waals surface area contributed by atoms with Gasteiger partial charge in [0.15, 0.2) is 5.69 Å². The second-order valence-electron chi connectivity index (χ2n) is 6.89. The molecule has 0 unspecified atom stereocenters. The molecule has 1 fully saturated rings. The minimum Gasteiger partial charge on any atom is -0.337 e. The van der Waals surface area contributed by atoms with E-state index in [0.29, 0.717) is 11.6 Å². The summed E-state index contributed by atoms with van der Waals surface area (Å²) in [4.78, 5) is 19.4. The number of aromatic nitrogens is 2. The second-order valence-corrected chi connectivity index (χ2v) is 6.89. The van der Waals surface area contributed by atoms with E-state index in [1.54, 1.807) is 0 Å². The summed E-state index contributed by atoms with van der Waals surface area (Å²) in [5, 5.41) is 0. The topological polar surface area (TPSA) is 37.6 Å². The molecule has 2 aromatic heterocycles. The summed E-state index contributed by atoms with van der Waals surface area (Å²) >= 11 is 0. The van der Waals surface area contributed by atoms with E-state index < -0.39 is 0 Å². The summed E-state index contributed by atoms with van der Waals surface area (Å²) in [5.74, 6) is 1.58. The number of likely N-dealkylation sites (tertiary alicyclic amines) is 1. The molecule has 4 rings (SSSR count). The summed E-state index contributed by atoms with van der Waals surface area (Å²) in [6.07, 6.45) is 5.19. The van der Waals surface area contributed by atoms with Crippen molar-refractivity contribution in [2.45, 2.75) is 26.2 Å². The van der Waals surface area contributed by atoms with Crippen LogP contribution in [0.1, 0.15) is 34.7 Å². The molecule has 0 saturated carbocycles. The summed E-state index contributed by atoms with van der Waals surface area (Å²) in [7, 11) is 0. The van der Waals surface area contributed by atoms with Gasteiger partial charge in [-0.25, -0.2) is 4.98 Å². The number of hydrogen-bond acceptors (Lipinski definition) is 2. The normalized spacial score (nSPS) is 15.6. The van der Waals surface area contributed by atoms with E-state index in [1.807, 2.05) is 40.6 Å². The minimum atomic E-state index is 0.0648. The minimum absolute atomic E-state index is 0.0648. The van der Waals surface area contributed by atoms with E-state index in [2.05, 4.69) is 35.3 Å². The highest BCUT2D eigenvalue weighted by molar-refractivity contribution is 5.99. The molecule has 0 aliphatic carbocycles. The van der Waals surface area contributed by atoms with Gasteiger partial charge >= 0.3 is 0 Å². The zero-order valence-corrected chi connectivity index (χ0v) is 14.6. The van der Waals surface area contributed by atoms with E-state index in [4.69, 9.17) is 0 Å². The fourth-order valence-electron chi connectivity index (χ4n) is 3.79. The summed E-state index contributed by atoms with van der Waals surface area (Å²) in [6, 6.07) is 16.5. The van der Waals surface area contributed by atoms with Gasteiger partial charge in [0.1, 0.15) is 5.82 Å². The molecule has 1 aromatic carbocycles. The van der Waals surface area contributed by atoms with Crippen molar-refractivity contribution >= 4 is 11.4 Å². The Morgan fingerprint density at radius 3 is 2.56 bits per heavy atom. The highest BCUT2D eigenvalue weighted by Gasteiger charge is 2.26. The molecule has 3 aromatic rings. The van der Waals surface area contributed by atoms with Crippen LogP contribution in [0.15, 0.2) is 54.7 Å². The highest BCUT2D eigenvalue weighted by atomic mass is 16.2. The molecule has 1 amide bonds. The Balaban J connectivity index is 1.44. The van der Waals surface area contributed by atoms with Crippen LogP contribution in [-0.2, 0) is 6.42 Å². The SMILES string of the molecule is Cc1nc(C(=O)N2CCC(Cc3ccccc3)CC2)c2ccccn12. The Labute approximate surface area is 148 Å². The maximum absolute atomic E-state index is 12.9. The third-order valence-electron chi connectivity index (χ3n) is 5.20. The zero-order valence-electron chi connectivity index (χ0n) is 14.6. The first-order chi connectivity index (χ1) is 12.2. The molecule has 0 radical (unpaired) electrons. The van der Waals surface area contributed by atoms with Crippen LogP contribution in [0.5, 0.6) is 0 Å². The van der Waals surface area contributed by atoms with Crippen molar-refractivity contribution in [2.75, 3.05) is 13.1 Å². The molecule has 1 aliphatic rings. The number of nitrogens with zero attached hydrogens (tertiary/aromatic N) is 3. The van der Waals surface area contributed by atoms with Crippen molar-refractivity contribution in [3.05, 3.63) is 71.8 Å². The van der Waals surface area contributed by atoms with E-state index >= 15 is 0 Å². The molecule has 25 heavy (non-hydrogen) atoms. The molecule has 0 atom stereocenters. The number of fused-ring (bicyclic) bond motifs is 1. The van der Waals surface area contributed by atoms with Crippen molar-refractivity contribution in [1.29, 1.82) is 0 Å². The maximum Gasteiger partial charge on any atom is 0.274 e. The van der Waals surface area contributed by atoms with Gasteiger partial charge in [-0.2, -0.15) is 0 Å². The first kappa shape index (κ1) is 15.9.